The summed E-state index contributed by atoms with van der Waals surface area (Å²) in [5.74, 6) is 0.925. The Bertz CT molecular complexity index is 882. The molecule has 1 heterocycles. The average Bonchev–Trinajstić information content (AvgIpc) is 3.01. The fraction of sp³-hybridized carbons (Fsp3) is 0.143. The van der Waals surface area contributed by atoms with Gasteiger partial charge in [0.05, 0.1) is 13.7 Å². The van der Waals surface area contributed by atoms with Crippen molar-refractivity contribution in [2.75, 3.05) is 13.7 Å². The normalized spacial score (nSPS) is 15.2. The number of esters is 1. The smallest absolute Gasteiger partial charge is 0.363 e. The molecule has 0 fully saturated rings. The molecule has 5 heteroatoms. The van der Waals surface area contributed by atoms with Crippen LogP contribution in [0, 0.1) is 0 Å². The van der Waals surface area contributed by atoms with Crippen molar-refractivity contribution in [2.24, 2.45) is 4.99 Å². The highest BCUT2D eigenvalue weighted by atomic mass is 16.6. The predicted molar refractivity (Wildman–Crippen MR) is 101 cm³/mol. The molecule has 26 heavy (non-hydrogen) atoms. The summed E-state index contributed by atoms with van der Waals surface area (Å²) in [5, 5.41) is 0. The Morgan fingerprint density at radius 2 is 1.88 bits per heavy atom. The van der Waals surface area contributed by atoms with Crippen molar-refractivity contribution < 1.29 is 19.0 Å². The summed E-state index contributed by atoms with van der Waals surface area (Å²) in [7, 11) is 1.56. The topological polar surface area (TPSA) is 57.1 Å². The largest absolute Gasteiger partial charge is 0.492 e. The molecule has 0 unspecified atom stereocenters. The van der Waals surface area contributed by atoms with Crippen LogP contribution in [0.1, 0.15) is 18.1 Å². The lowest BCUT2D eigenvalue weighted by Crippen LogP contribution is -2.01. The Kier molecular flexibility index (Phi) is 5.49. The van der Waals surface area contributed by atoms with Gasteiger partial charge in [-0.2, -0.15) is 0 Å². The summed E-state index contributed by atoms with van der Waals surface area (Å²) in [6.45, 7) is 2.42. The Morgan fingerprint density at radius 3 is 2.62 bits per heavy atom. The highest BCUT2D eigenvalue weighted by Gasteiger charge is 2.22. The van der Waals surface area contributed by atoms with Gasteiger partial charge in [0.1, 0.15) is 0 Å². The molecule has 5 nitrogen and oxygen atoms in total. The number of ether oxygens (including phenoxy) is 3. The molecule has 132 valence electrons. The molecular weight excluding hydrogens is 330 g/mol. The van der Waals surface area contributed by atoms with E-state index in [1.54, 1.807) is 19.3 Å². The number of methoxy groups -OCH3 is 1. The van der Waals surface area contributed by atoms with Crippen LogP contribution >= 0.6 is 0 Å². The lowest BCUT2D eigenvalue weighted by Gasteiger charge is -2.11. The van der Waals surface area contributed by atoms with E-state index >= 15 is 0 Å². The number of benzene rings is 2. The molecule has 0 saturated carbocycles. The minimum Gasteiger partial charge on any atom is -0.492 e. The van der Waals surface area contributed by atoms with Crippen molar-refractivity contribution in [2.45, 2.75) is 6.92 Å². The van der Waals surface area contributed by atoms with Crippen LogP contribution in [-0.4, -0.2) is 25.6 Å². The van der Waals surface area contributed by atoms with Crippen molar-refractivity contribution in [3.63, 3.8) is 0 Å². The Morgan fingerprint density at radius 1 is 1.08 bits per heavy atom. The van der Waals surface area contributed by atoms with Crippen LogP contribution in [0.15, 0.2) is 65.3 Å². The number of hydrogen-bond acceptors (Lipinski definition) is 5. The van der Waals surface area contributed by atoms with E-state index in [2.05, 4.69) is 4.99 Å². The third-order valence-corrected chi connectivity index (χ3v) is 3.66. The molecule has 0 atom stereocenters. The van der Waals surface area contributed by atoms with Crippen LogP contribution in [0.25, 0.3) is 12.2 Å². The van der Waals surface area contributed by atoms with Crippen molar-refractivity contribution in [1.82, 2.24) is 0 Å². The number of carbonyl (C=O) groups excluding carboxylic acids is 1. The summed E-state index contributed by atoms with van der Waals surface area (Å²) in [6.07, 6.45) is 5.14. The molecule has 1 aliphatic heterocycles. The number of cyclic esters (lactones) is 1. The van der Waals surface area contributed by atoms with Gasteiger partial charge in [0.2, 0.25) is 5.90 Å². The van der Waals surface area contributed by atoms with E-state index in [9.17, 15) is 4.79 Å². The van der Waals surface area contributed by atoms with E-state index in [0.717, 1.165) is 5.56 Å². The van der Waals surface area contributed by atoms with Gasteiger partial charge in [-0.1, -0.05) is 42.5 Å². The molecule has 0 radical (unpaired) electrons. The molecule has 2 aromatic carbocycles. The number of hydrogen-bond donors (Lipinski definition) is 0. The van der Waals surface area contributed by atoms with Gasteiger partial charge in [0.25, 0.3) is 0 Å². The molecule has 0 aromatic heterocycles. The minimum atomic E-state index is -0.499. The van der Waals surface area contributed by atoms with Gasteiger partial charge in [-0.05, 0) is 30.7 Å². The van der Waals surface area contributed by atoms with Crippen molar-refractivity contribution in [3.05, 3.63) is 71.4 Å². The third kappa shape index (κ3) is 4.00. The molecule has 3 rings (SSSR count). The molecular formula is C21H19NO4. The van der Waals surface area contributed by atoms with E-state index < -0.39 is 5.97 Å². The summed E-state index contributed by atoms with van der Waals surface area (Å²) < 4.78 is 16.2. The quantitative estimate of drug-likeness (QED) is 0.582. The van der Waals surface area contributed by atoms with Gasteiger partial charge in [-0.15, -0.1) is 0 Å². The third-order valence-electron chi connectivity index (χ3n) is 3.66. The highest BCUT2D eigenvalue weighted by Crippen LogP contribution is 2.33. The Labute approximate surface area is 152 Å². The number of carbonyl (C=O) groups is 1. The summed E-state index contributed by atoms with van der Waals surface area (Å²) in [6, 6.07) is 15.2. The van der Waals surface area contributed by atoms with Gasteiger partial charge in [-0.25, -0.2) is 9.79 Å². The van der Waals surface area contributed by atoms with Gasteiger partial charge >= 0.3 is 5.97 Å². The van der Waals surface area contributed by atoms with Crippen molar-refractivity contribution in [1.29, 1.82) is 0 Å². The van der Waals surface area contributed by atoms with Crippen molar-refractivity contribution in [3.8, 4) is 11.5 Å². The maximum Gasteiger partial charge on any atom is 0.363 e. The molecule has 0 N–H and O–H groups in total. The van der Waals surface area contributed by atoms with Crippen LogP contribution in [0.3, 0.4) is 0 Å². The number of aliphatic imine (C=N–C) groups is 1. The zero-order valence-electron chi connectivity index (χ0n) is 14.6. The molecule has 1 aliphatic rings. The van der Waals surface area contributed by atoms with E-state index in [1.165, 1.54) is 0 Å². The van der Waals surface area contributed by atoms with Gasteiger partial charge in [0, 0.05) is 11.6 Å². The molecule has 0 saturated heterocycles. The molecule has 0 aliphatic carbocycles. The Hall–Kier alpha value is -3.34. The van der Waals surface area contributed by atoms with Gasteiger partial charge in [0.15, 0.2) is 17.2 Å². The second kappa shape index (κ2) is 8.16. The standard InChI is InChI=1S/C21H19NO4/c1-3-25-18-11-7-10-16(20(18)24-2)14-17-21(23)26-19(22-17)13-12-15-8-5-4-6-9-15/h4-14H,3H2,1-2H3/b13-12+,17-14-. The maximum atomic E-state index is 12.1. The Balaban J connectivity index is 1.87. The molecule has 0 spiro atoms. The van der Waals surface area contributed by atoms with Crippen molar-refractivity contribution >= 4 is 24.0 Å². The van der Waals surface area contributed by atoms with E-state index in [0.29, 0.717) is 23.7 Å². The minimum absolute atomic E-state index is 0.213. The number of nitrogens with zero attached hydrogens (tertiary/aromatic N) is 1. The molecule has 0 amide bonds. The van der Waals surface area contributed by atoms with Gasteiger partial charge < -0.3 is 14.2 Å². The average molecular weight is 349 g/mol. The predicted octanol–water partition coefficient (Wildman–Crippen LogP) is 4.10. The van der Waals surface area contributed by atoms with Crippen LogP contribution in [0.4, 0.5) is 0 Å². The first-order chi connectivity index (χ1) is 12.7. The monoisotopic (exact) mass is 349 g/mol. The number of para-hydroxylation sites is 1. The SMILES string of the molecule is CCOc1cccc(/C=C2N=C(/C=C/c3ccccc3)OC\2=O)c1OC. The maximum absolute atomic E-state index is 12.1. The fourth-order valence-electron chi connectivity index (χ4n) is 2.51. The first kappa shape index (κ1) is 17.5. The second-order valence-corrected chi connectivity index (χ2v) is 5.42. The first-order valence-electron chi connectivity index (χ1n) is 8.26. The zero-order chi connectivity index (χ0) is 18.4. The van der Waals surface area contributed by atoms with Gasteiger partial charge in [-0.3, -0.25) is 0 Å². The van der Waals surface area contributed by atoms with Crippen LogP contribution in [0.5, 0.6) is 11.5 Å². The summed E-state index contributed by atoms with van der Waals surface area (Å²) in [5.41, 5.74) is 1.90. The van der Waals surface area contributed by atoms with Crippen LogP contribution < -0.4 is 9.47 Å². The fourth-order valence-corrected chi connectivity index (χ4v) is 2.51. The lowest BCUT2D eigenvalue weighted by atomic mass is 10.1. The summed E-state index contributed by atoms with van der Waals surface area (Å²) in [4.78, 5) is 16.4. The van der Waals surface area contributed by atoms with Crippen LogP contribution in [-0.2, 0) is 9.53 Å². The second-order valence-electron chi connectivity index (χ2n) is 5.42. The van der Waals surface area contributed by atoms with E-state index in [1.807, 2.05) is 61.5 Å². The van der Waals surface area contributed by atoms with E-state index in [-0.39, 0.29) is 11.6 Å². The highest BCUT2D eigenvalue weighted by molar-refractivity contribution is 6.11. The van der Waals surface area contributed by atoms with E-state index in [4.69, 9.17) is 14.2 Å². The zero-order valence-corrected chi connectivity index (χ0v) is 14.6. The first-order valence-corrected chi connectivity index (χ1v) is 8.26. The molecule has 2 aromatic rings. The summed E-state index contributed by atoms with van der Waals surface area (Å²) >= 11 is 0. The lowest BCUT2D eigenvalue weighted by molar-refractivity contribution is -0.129. The molecule has 0 bridgehead atoms. The number of rotatable bonds is 6. The van der Waals surface area contributed by atoms with Crippen LogP contribution in [0.2, 0.25) is 0 Å².